The second-order valence-electron chi connectivity index (χ2n) is 10.1. The first-order valence-electron chi connectivity index (χ1n) is 12.7. The summed E-state index contributed by atoms with van der Waals surface area (Å²) in [6.07, 6.45) is -15.9. The zero-order chi connectivity index (χ0) is 29.7. The largest absolute Gasteiger partial charge is 0.508 e. The fraction of sp³-hybridized carbons (Fsp3) is 0.444. The molecule has 41 heavy (non-hydrogen) atoms. The van der Waals surface area contributed by atoms with Crippen molar-refractivity contribution in [3.63, 3.8) is 0 Å². The van der Waals surface area contributed by atoms with E-state index in [1.165, 1.54) is 31.2 Å². The summed E-state index contributed by atoms with van der Waals surface area (Å²) in [5, 5.41) is 93.2. The number of ether oxygens (including phenoxy) is 3. The molecule has 2 saturated heterocycles. The van der Waals surface area contributed by atoms with E-state index in [4.69, 9.17) is 18.6 Å². The van der Waals surface area contributed by atoms with Gasteiger partial charge < -0.3 is 64.6 Å². The fourth-order valence-corrected chi connectivity index (χ4v) is 5.13. The average molecular weight is 579 g/mol. The quantitative estimate of drug-likeness (QED) is 0.175. The standard InChI is InChI=1S/C27H30O14/c1-9-19(33)21(35)22(36)27(38-9)41-26-20(34)16(8-28)40-25(23(26)37)18-13(31)6-12(30)17-14(32)7-15(39-24(17)18)10-2-4-11(29)5-3-10/h2-7,9,16,19-23,25-31,33-37H,8H2,1H3/t9-,16-,19+,20-,21+,22+,23+,25-,26+,27-/m1/s1. The van der Waals surface area contributed by atoms with Crippen LogP contribution in [0.1, 0.15) is 18.6 Å². The Morgan fingerprint density at radius 2 is 1.51 bits per heavy atom. The SMILES string of the molecule is C[C@H]1O[C@H](O[C@@H]2[C@@H](O)[C@@H](c3c(O)cc(O)c4c(=O)cc(-c5ccc(O)cc5)oc34)O[C@H](CO)[C@H]2O)[C@@H](O)[C@@H](O)[C@H]1O. The molecule has 2 fully saturated rings. The predicted octanol–water partition coefficient (Wildman–Crippen LogP) is -1.06. The van der Waals surface area contributed by atoms with E-state index in [1.807, 2.05) is 0 Å². The summed E-state index contributed by atoms with van der Waals surface area (Å²) in [5.74, 6) is -1.37. The zero-order valence-electron chi connectivity index (χ0n) is 21.5. The molecular formula is C27H30O14. The van der Waals surface area contributed by atoms with Crippen LogP contribution in [0.5, 0.6) is 17.2 Å². The summed E-state index contributed by atoms with van der Waals surface area (Å²) >= 11 is 0. The van der Waals surface area contributed by atoms with E-state index < -0.39 is 84.8 Å². The van der Waals surface area contributed by atoms with Crippen LogP contribution < -0.4 is 5.43 Å². The van der Waals surface area contributed by atoms with Gasteiger partial charge >= 0.3 is 0 Å². The van der Waals surface area contributed by atoms with Gasteiger partial charge in [0.05, 0.1) is 18.3 Å². The maximum absolute atomic E-state index is 13.1. The summed E-state index contributed by atoms with van der Waals surface area (Å²) in [5.41, 5.74) is -1.07. The lowest BCUT2D eigenvalue weighted by Gasteiger charge is -2.46. The van der Waals surface area contributed by atoms with Crippen LogP contribution in [0.25, 0.3) is 22.3 Å². The number of rotatable bonds is 5. The molecular weight excluding hydrogens is 548 g/mol. The summed E-state index contributed by atoms with van der Waals surface area (Å²) < 4.78 is 22.7. The second-order valence-corrected chi connectivity index (χ2v) is 10.1. The molecule has 14 heteroatoms. The summed E-state index contributed by atoms with van der Waals surface area (Å²) in [4.78, 5) is 13.1. The molecule has 2 aliphatic rings. The molecule has 0 unspecified atom stereocenters. The van der Waals surface area contributed by atoms with Crippen molar-refractivity contribution in [2.45, 2.75) is 68.1 Å². The maximum Gasteiger partial charge on any atom is 0.197 e. The minimum Gasteiger partial charge on any atom is -0.508 e. The van der Waals surface area contributed by atoms with Crippen LogP contribution in [0.3, 0.4) is 0 Å². The van der Waals surface area contributed by atoms with E-state index in [2.05, 4.69) is 0 Å². The van der Waals surface area contributed by atoms with Crippen LogP contribution in [-0.4, -0.2) is 108 Å². The smallest absolute Gasteiger partial charge is 0.197 e. The molecule has 2 aromatic carbocycles. The summed E-state index contributed by atoms with van der Waals surface area (Å²) in [7, 11) is 0. The lowest BCUT2D eigenvalue weighted by Crippen LogP contribution is -2.62. The van der Waals surface area contributed by atoms with Crippen LogP contribution in [-0.2, 0) is 14.2 Å². The summed E-state index contributed by atoms with van der Waals surface area (Å²) in [6.45, 7) is 0.607. The maximum atomic E-state index is 13.1. The number of hydrogen-bond acceptors (Lipinski definition) is 14. The predicted molar refractivity (Wildman–Crippen MR) is 137 cm³/mol. The van der Waals surface area contributed by atoms with Gasteiger partial charge in [0, 0.05) is 17.7 Å². The van der Waals surface area contributed by atoms with E-state index in [9.17, 15) is 50.8 Å². The number of benzene rings is 2. The number of aliphatic hydroxyl groups excluding tert-OH is 6. The van der Waals surface area contributed by atoms with E-state index in [0.29, 0.717) is 5.56 Å². The first kappa shape index (κ1) is 29.2. The number of phenols is 3. The first-order chi connectivity index (χ1) is 19.4. The fourth-order valence-electron chi connectivity index (χ4n) is 5.13. The van der Waals surface area contributed by atoms with E-state index in [1.54, 1.807) is 0 Å². The van der Waals surface area contributed by atoms with Crippen molar-refractivity contribution < 1.29 is 64.6 Å². The number of fused-ring (bicyclic) bond motifs is 1. The van der Waals surface area contributed by atoms with Gasteiger partial charge in [-0.15, -0.1) is 0 Å². The number of phenolic OH excluding ortho intramolecular Hbond substituents is 3. The second kappa shape index (κ2) is 11.2. The highest BCUT2D eigenvalue weighted by Crippen LogP contribution is 2.44. The van der Waals surface area contributed by atoms with Crippen molar-refractivity contribution in [3.05, 3.63) is 52.2 Å². The molecule has 10 atom stereocenters. The number of aliphatic hydroxyl groups is 6. The molecule has 222 valence electrons. The van der Waals surface area contributed by atoms with Crippen LogP contribution in [0.4, 0.5) is 0 Å². The van der Waals surface area contributed by atoms with E-state index in [-0.39, 0.29) is 28.0 Å². The van der Waals surface area contributed by atoms with Crippen molar-refractivity contribution in [2.24, 2.45) is 0 Å². The molecule has 14 nitrogen and oxygen atoms in total. The Kier molecular flexibility index (Phi) is 7.95. The van der Waals surface area contributed by atoms with Crippen LogP contribution >= 0.6 is 0 Å². The molecule has 0 saturated carbocycles. The molecule has 2 aliphatic heterocycles. The van der Waals surface area contributed by atoms with Gasteiger partial charge in [0.15, 0.2) is 17.3 Å². The lowest BCUT2D eigenvalue weighted by molar-refractivity contribution is -0.338. The Hall–Kier alpha value is -3.31. The van der Waals surface area contributed by atoms with Crippen molar-refractivity contribution in [1.29, 1.82) is 0 Å². The zero-order valence-corrected chi connectivity index (χ0v) is 21.5. The van der Waals surface area contributed by atoms with Gasteiger partial charge in [-0.2, -0.15) is 0 Å². The van der Waals surface area contributed by atoms with E-state index in [0.717, 1.165) is 12.1 Å². The van der Waals surface area contributed by atoms with Crippen molar-refractivity contribution in [1.82, 2.24) is 0 Å². The molecule has 9 N–H and O–H groups in total. The molecule has 1 aromatic heterocycles. The minimum atomic E-state index is -1.87. The van der Waals surface area contributed by atoms with Gasteiger partial charge in [-0.05, 0) is 31.2 Å². The lowest BCUT2D eigenvalue weighted by atomic mass is 9.89. The van der Waals surface area contributed by atoms with Gasteiger partial charge in [0.2, 0.25) is 0 Å². The van der Waals surface area contributed by atoms with Crippen molar-refractivity contribution in [3.8, 4) is 28.6 Å². The molecule has 0 spiro atoms. The van der Waals surface area contributed by atoms with Crippen molar-refractivity contribution in [2.75, 3.05) is 6.61 Å². The monoisotopic (exact) mass is 578 g/mol. The normalized spacial score (nSPS) is 34.1. The number of aromatic hydroxyl groups is 3. The molecule has 0 radical (unpaired) electrons. The molecule has 0 aliphatic carbocycles. The highest BCUT2D eigenvalue weighted by Gasteiger charge is 2.51. The number of hydrogen-bond donors (Lipinski definition) is 9. The van der Waals surface area contributed by atoms with Gasteiger partial charge in [-0.25, -0.2) is 0 Å². The van der Waals surface area contributed by atoms with E-state index >= 15 is 0 Å². The molecule has 0 amide bonds. The third-order valence-electron chi connectivity index (χ3n) is 7.40. The van der Waals surface area contributed by atoms with Crippen LogP contribution in [0.2, 0.25) is 0 Å². The van der Waals surface area contributed by atoms with Gasteiger partial charge in [-0.1, -0.05) is 0 Å². The average Bonchev–Trinajstić information content (AvgIpc) is 2.93. The van der Waals surface area contributed by atoms with Gasteiger partial charge in [0.1, 0.15) is 77.2 Å². The molecule has 3 heterocycles. The third kappa shape index (κ3) is 5.14. The Balaban J connectivity index is 1.60. The highest BCUT2D eigenvalue weighted by molar-refractivity contribution is 5.89. The van der Waals surface area contributed by atoms with Crippen LogP contribution in [0.15, 0.2) is 45.6 Å². The minimum absolute atomic E-state index is 0.0224. The van der Waals surface area contributed by atoms with Crippen LogP contribution in [0, 0.1) is 0 Å². The van der Waals surface area contributed by atoms with Gasteiger partial charge in [-0.3, -0.25) is 4.79 Å². The molecule has 5 rings (SSSR count). The first-order valence-corrected chi connectivity index (χ1v) is 12.7. The Labute approximate surface area is 231 Å². The third-order valence-corrected chi connectivity index (χ3v) is 7.40. The van der Waals surface area contributed by atoms with Gasteiger partial charge in [0.25, 0.3) is 0 Å². The summed E-state index contributed by atoms with van der Waals surface area (Å²) in [6, 6.07) is 7.54. The molecule has 3 aromatic rings. The Morgan fingerprint density at radius 3 is 2.17 bits per heavy atom. The topological polar surface area (TPSA) is 240 Å². The highest BCUT2D eigenvalue weighted by atomic mass is 16.7. The van der Waals surface area contributed by atoms with Crippen molar-refractivity contribution >= 4 is 11.0 Å². The Morgan fingerprint density at radius 1 is 0.829 bits per heavy atom. The molecule has 0 bridgehead atoms. The Bertz CT molecular complexity index is 1460.